The molecule has 0 unspecified atom stereocenters. The Morgan fingerprint density at radius 2 is 1.96 bits per heavy atom. The lowest BCUT2D eigenvalue weighted by Gasteiger charge is -2.30. The largest absolute Gasteiger partial charge is 0.332 e. The van der Waals surface area contributed by atoms with E-state index < -0.39 is 27.5 Å². The molecule has 2 aromatic rings. The van der Waals surface area contributed by atoms with Gasteiger partial charge in [0, 0.05) is 31.4 Å². The number of nitrogens with zero attached hydrogens (tertiary/aromatic N) is 5. The van der Waals surface area contributed by atoms with Gasteiger partial charge in [0.2, 0.25) is 0 Å². The number of nitrogens with two attached hydrogens (primary N) is 1. The van der Waals surface area contributed by atoms with Gasteiger partial charge >= 0.3 is 0 Å². The van der Waals surface area contributed by atoms with Crippen LogP contribution in [0.5, 0.6) is 0 Å². The minimum absolute atomic E-state index is 0.00392. The van der Waals surface area contributed by atoms with Gasteiger partial charge in [-0.3, -0.25) is 4.68 Å². The van der Waals surface area contributed by atoms with E-state index in [9.17, 15) is 17.2 Å². The van der Waals surface area contributed by atoms with Crippen LogP contribution in [0.15, 0.2) is 4.52 Å². The van der Waals surface area contributed by atoms with Crippen LogP contribution >= 0.6 is 0 Å². The molecule has 5 rings (SSSR count). The highest BCUT2D eigenvalue weighted by Crippen LogP contribution is 2.75. The van der Waals surface area contributed by atoms with Crippen molar-refractivity contribution in [2.45, 2.75) is 43.9 Å². The van der Waals surface area contributed by atoms with Crippen LogP contribution in [-0.4, -0.2) is 51.7 Å². The second kappa shape index (κ2) is 5.57. The van der Waals surface area contributed by atoms with E-state index in [0.717, 1.165) is 34.8 Å². The molecule has 0 aromatic carbocycles. The topological polar surface area (TPSA) is 120 Å². The smallest absolute Gasteiger partial charge is 0.278 e. The van der Waals surface area contributed by atoms with E-state index >= 15 is 0 Å². The first-order valence-electron chi connectivity index (χ1n) is 9.19. The molecule has 1 saturated carbocycles. The van der Waals surface area contributed by atoms with Crippen LogP contribution in [0.1, 0.15) is 42.3 Å². The van der Waals surface area contributed by atoms with Crippen molar-refractivity contribution in [2.75, 3.05) is 13.1 Å². The molecule has 28 heavy (non-hydrogen) atoms. The summed E-state index contributed by atoms with van der Waals surface area (Å²) in [4.78, 5) is 4.26. The Balaban J connectivity index is 1.42. The fourth-order valence-corrected chi connectivity index (χ4v) is 5.60. The van der Waals surface area contributed by atoms with Crippen LogP contribution in [-0.2, 0) is 30.1 Å². The Kier molecular flexibility index (Phi) is 3.61. The third-order valence-electron chi connectivity index (χ3n) is 6.49. The number of halogens is 2. The Labute approximate surface area is 160 Å². The second-order valence-corrected chi connectivity index (χ2v) is 9.41. The van der Waals surface area contributed by atoms with Crippen molar-refractivity contribution < 1.29 is 21.7 Å². The highest BCUT2D eigenvalue weighted by molar-refractivity contribution is 7.86. The van der Waals surface area contributed by atoms with E-state index in [1.54, 1.807) is 4.68 Å². The van der Waals surface area contributed by atoms with Gasteiger partial charge in [0.25, 0.3) is 22.0 Å². The van der Waals surface area contributed by atoms with E-state index in [2.05, 4.69) is 15.2 Å². The third kappa shape index (κ3) is 2.34. The zero-order chi connectivity index (χ0) is 19.9. The van der Waals surface area contributed by atoms with Gasteiger partial charge in [0.15, 0.2) is 11.5 Å². The highest BCUT2D eigenvalue weighted by atomic mass is 32.2. The van der Waals surface area contributed by atoms with Gasteiger partial charge in [-0.15, -0.1) is 0 Å². The van der Waals surface area contributed by atoms with Crippen molar-refractivity contribution in [1.82, 2.24) is 24.2 Å². The predicted molar refractivity (Wildman–Crippen MR) is 92.6 cm³/mol. The standard InChI is InChI=1S/C16H20F2N6O3S/c1-23-10-4-2-3-9(10)11(21-23)14-20-13(22-27-14)12-15(16(12,17)18)5-7-24(8-6-15)28(19,25)26/h12H,2-8H2,1H3,(H2,19,25,26)/t12-/m0/s1. The minimum atomic E-state index is -3.88. The maximum atomic E-state index is 14.7. The maximum Gasteiger partial charge on any atom is 0.278 e. The fraction of sp³-hybridized carbons (Fsp3) is 0.688. The van der Waals surface area contributed by atoms with E-state index in [0.29, 0.717) is 5.69 Å². The first-order valence-corrected chi connectivity index (χ1v) is 10.7. The number of aromatic nitrogens is 4. The average Bonchev–Trinajstić information content (AvgIpc) is 3.17. The van der Waals surface area contributed by atoms with Crippen molar-refractivity contribution in [3.63, 3.8) is 0 Å². The van der Waals surface area contributed by atoms with Crippen LogP contribution in [0.3, 0.4) is 0 Å². The summed E-state index contributed by atoms with van der Waals surface area (Å²) in [7, 11) is -2.03. The highest BCUT2D eigenvalue weighted by Gasteiger charge is 2.82. The van der Waals surface area contributed by atoms with E-state index in [4.69, 9.17) is 9.66 Å². The van der Waals surface area contributed by atoms with Crippen LogP contribution in [0.2, 0.25) is 0 Å². The molecule has 9 nitrogen and oxygen atoms in total. The number of hydrogen-bond donors (Lipinski definition) is 1. The summed E-state index contributed by atoms with van der Waals surface area (Å²) in [5.41, 5.74) is 1.37. The first-order chi connectivity index (χ1) is 13.1. The number of rotatable bonds is 3. The lowest BCUT2D eigenvalue weighted by molar-refractivity contribution is 0.0411. The molecule has 2 aromatic heterocycles. The molecule has 2 aliphatic carbocycles. The molecule has 0 amide bonds. The third-order valence-corrected chi connectivity index (χ3v) is 7.57. The summed E-state index contributed by atoms with van der Waals surface area (Å²) in [6.45, 7) is -0.0766. The lowest BCUT2D eigenvalue weighted by atomic mass is 9.91. The maximum absolute atomic E-state index is 14.7. The molecular weight excluding hydrogens is 394 g/mol. The zero-order valence-electron chi connectivity index (χ0n) is 15.2. The molecule has 1 aliphatic heterocycles. The van der Waals surface area contributed by atoms with Crippen LogP contribution in [0, 0.1) is 5.41 Å². The molecule has 3 heterocycles. The Hall–Kier alpha value is -1.92. The summed E-state index contributed by atoms with van der Waals surface area (Å²) in [6, 6.07) is 0. The molecule has 0 radical (unpaired) electrons. The molecule has 152 valence electrons. The van der Waals surface area contributed by atoms with Gasteiger partial charge in [-0.1, -0.05) is 5.16 Å². The molecule has 1 atom stereocenters. The SMILES string of the molecule is Cn1nc(-c2nc([C@@H]3C(F)(F)C34CCN(S(N)(=O)=O)CC4)no2)c2c1CCC2. The summed E-state index contributed by atoms with van der Waals surface area (Å²) >= 11 is 0. The van der Waals surface area contributed by atoms with Gasteiger partial charge in [-0.25, -0.2) is 13.9 Å². The minimum Gasteiger partial charge on any atom is -0.332 e. The van der Waals surface area contributed by atoms with E-state index in [1.807, 2.05) is 7.05 Å². The van der Waals surface area contributed by atoms with E-state index in [1.165, 1.54) is 0 Å². The van der Waals surface area contributed by atoms with Gasteiger partial charge in [0.1, 0.15) is 0 Å². The molecule has 0 bridgehead atoms. The number of fused-ring (bicyclic) bond motifs is 1. The predicted octanol–water partition coefficient (Wildman–Crippen LogP) is 0.977. The van der Waals surface area contributed by atoms with Crippen LogP contribution in [0.25, 0.3) is 11.6 Å². The van der Waals surface area contributed by atoms with Crippen LogP contribution in [0.4, 0.5) is 8.78 Å². The fourth-order valence-electron chi connectivity index (χ4n) is 4.91. The van der Waals surface area contributed by atoms with Gasteiger partial charge in [-0.05, 0) is 32.1 Å². The number of aryl methyl sites for hydroxylation is 1. The summed E-state index contributed by atoms with van der Waals surface area (Å²) in [5.74, 6) is -4.07. The summed E-state index contributed by atoms with van der Waals surface area (Å²) < 4.78 is 60.5. The molecule has 2 N–H and O–H groups in total. The van der Waals surface area contributed by atoms with Crippen molar-refractivity contribution in [3.05, 3.63) is 17.1 Å². The average molecular weight is 414 g/mol. The first kappa shape index (κ1) is 18.1. The monoisotopic (exact) mass is 414 g/mol. The molecule has 1 saturated heterocycles. The molecule has 3 aliphatic rings. The second-order valence-electron chi connectivity index (χ2n) is 7.86. The van der Waals surface area contributed by atoms with Crippen molar-refractivity contribution in [3.8, 4) is 11.6 Å². The summed E-state index contributed by atoms with van der Waals surface area (Å²) in [5, 5.41) is 13.4. The van der Waals surface area contributed by atoms with Gasteiger partial charge in [-0.2, -0.15) is 22.8 Å². The Morgan fingerprint density at radius 1 is 1.25 bits per heavy atom. The molecule has 2 fully saturated rings. The van der Waals surface area contributed by atoms with E-state index in [-0.39, 0.29) is 37.6 Å². The van der Waals surface area contributed by atoms with Crippen LogP contribution < -0.4 is 5.14 Å². The van der Waals surface area contributed by atoms with Crippen molar-refractivity contribution >= 4 is 10.2 Å². The summed E-state index contributed by atoms with van der Waals surface area (Å²) in [6.07, 6.45) is 2.79. The van der Waals surface area contributed by atoms with Crippen molar-refractivity contribution in [2.24, 2.45) is 17.6 Å². The number of piperidine rings is 1. The number of hydrogen-bond acceptors (Lipinski definition) is 6. The lowest BCUT2D eigenvalue weighted by Crippen LogP contribution is -2.43. The molecule has 1 spiro atoms. The molecule has 12 heteroatoms. The Bertz CT molecular complexity index is 1050. The Morgan fingerprint density at radius 3 is 2.64 bits per heavy atom. The van der Waals surface area contributed by atoms with Gasteiger partial charge < -0.3 is 4.52 Å². The van der Waals surface area contributed by atoms with Gasteiger partial charge in [0.05, 0.1) is 11.3 Å². The normalized spacial score (nSPS) is 25.9. The van der Waals surface area contributed by atoms with Crippen molar-refractivity contribution in [1.29, 1.82) is 0 Å². The molecular formula is C16H20F2N6O3S. The number of alkyl halides is 2. The quantitative estimate of drug-likeness (QED) is 0.799. The zero-order valence-corrected chi connectivity index (χ0v) is 16.0.